The lowest BCUT2D eigenvalue weighted by molar-refractivity contribution is -0.114. The van der Waals surface area contributed by atoms with Crippen molar-refractivity contribution in [1.29, 1.82) is 5.26 Å². The molecule has 4 rings (SSSR count). The molecule has 2 aromatic rings. The number of piperidine rings is 1. The van der Waals surface area contributed by atoms with E-state index in [0.29, 0.717) is 36.3 Å². The van der Waals surface area contributed by atoms with Gasteiger partial charge in [0.05, 0.1) is 17.3 Å². The third kappa shape index (κ3) is 5.63. The van der Waals surface area contributed by atoms with E-state index >= 15 is 0 Å². The Balaban J connectivity index is 1.49. The molecule has 8 nitrogen and oxygen atoms in total. The number of hydrogen-bond donors (Lipinski definition) is 3. The zero-order valence-electron chi connectivity index (χ0n) is 20.7. The molecule has 8 heteroatoms. The molecule has 3 N–H and O–H groups in total. The highest BCUT2D eigenvalue weighted by Gasteiger charge is 2.35. The molecule has 2 heterocycles. The monoisotopic (exact) mass is 474 g/mol. The molecule has 2 fully saturated rings. The number of nitriles is 1. The van der Waals surface area contributed by atoms with E-state index in [0.717, 1.165) is 42.6 Å². The summed E-state index contributed by atoms with van der Waals surface area (Å²) in [5.74, 6) is 0.894. The van der Waals surface area contributed by atoms with E-state index in [2.05, 4.69) is 27.0 Å². The molecule has 35 heavy (non-hydrogen) atoms. The Kier molecular flexibility index (Phi) is 7.67. The summed E-state index contributed by atoms with van der Waals surface area (Å²) in [5.41, 5.74) is 2.78. The maximum atomic E-state index is 13.2. The second kappa shape index (κ2) is 10.9. The number of hydrogen-bond acceptors (Lipinski definition) is 6. The van der Waals surface area contributed by atoms with Crippen LogP contribution in [0.5, 0.6) is 0 Å². The standard InChI is InChI=1S/C27H34N6O2/c1-17(15-28)22-7-8-24(22)32-26-9-5-20(16-30-26)19-4-6-23(25(14-19)31-18(2)34)27(35)33-12-10-21(29-3)11-13-33/h4-6,9,14,16-17,21-22,24,29H,7-8,10-13H2,1-3H3,(H,30,32)(H,31,34)/t17?,22-,24?/m1/s1. The van der Waals surface area contributed by atoms with E-state index < -0.39 is 0 Å². The van der Waals surface area contributed by atoms with Crippen molar-refractivity contribution < 1.29 is 9.59 Å². The van der Waals surface area contributed by atoms with Gasteiger partial charge < -0.3 is 20.9 Å². The summed E-state index contributed by atoms with van der Waals surface area (Å²) in [4.78, 5) is 31.6. The number of benzene rings is 1. The Morgan fingerprint density at radius 2 is 1.86 bits per heavy atom. The molecule has 184 valence electrons. The third-order valence-corrected chi connectivity index (χ3v) is 7.35. The van der Waals surface area contributed by atoms with Crippen molar-refractivity contribution >= 4 is 23.3 Å². The summed E-state index contributed by atoms with van der Waals surface area (Å²) < 4.78 is 0. The van der Waals surface area contributed by atoms with Gasteiger partial charge in [-0.15, -0.1) is 0 Å². The summed E-state index contributed by atoms with van der Waals surface area (Å²) in [7, 11) is 1.95. The van der Waals surface area contributed by atoms with Crippen molar-refractivity contribution in [1.82, 2.24) is 15.2 Å². The van der Waals surface area contributed by atoms with Crippen molar-refractivity contribution in [3.8, 4) is 17.2 Å². The first-order valence-corrected chi connectivity index (χ1v) is 12.4. The fourth-order valence-corrected chi connectivity index (χ4v) is 4.98. The molecule has 2 aliphatic rings. The molecule has 2 unspecified atom stereocenters. The number of rotatable bonds is 7. The number of carbonyl (C=O) groups excluding carboxylic acids is 2. The summed E-state index contributed by atoms with van der Waals surface area (Å²) in [6.07, 6.45) is 5.73. The van der Waals surface area contributed by atoms with Crippen molar-refractivity contribution in [2.75, 3.05) is 30.8 Å². The molecule has 3 atom stereocenters. The molecule has 1 saturated carbocycles. The van der Waals surface area contributed by atoms with E-state index in [1.807, 2.05) is 43.1 Å². The second-order valence-electron chi connectivity index (χ2n) is 9.64. The predicted octanol–water partition coefficient (Wildman–Crippen LogP) is 3.88. The topological polar surface area (TPSA) is 110 Å². The van der Waals surface area contributed by atoms with Crippen LogP contribution in [0.3, 0.4) is 0 Å². The largest absolute Gasteiger partial charge is 0.367 e. The van der Waals surface area contributed by atoms with E-state index in [9.17, 15) is 14.9 Å². The highest BCUT2D eigenvalue weighted by molar-refractivity contribution is 6.04. The van der Waals surface area contributed by atoms with E-state index in [1.54, 1.807) is 12.3 Å². The van der Waals surface area contributed by atoms with Crippen LogP contribution in [0, 0.1) is 23.2 Å². The van der Waals surface area contributed by atoms with Crippen LogP contribution in [0.15, 0.2) is 36.5 Å². The Bertz CT molecular complexity index is 1100. The molecule has 1 aromatic carbocycles. The van der Waals surface area contributed by atoms with Crippen LogP contribution < -0.4 is 16.0 Å². The summed E-state index contributed by atoms with van der Waals surface area (Å²) in [5, 5.41) is 18.8. The van der Waals surface area contributed by atoms with Crippen LogP contribution in [0.4, 0.5) is 11.5 Å². The molecule has 2 amide bonds. The molecule has 1 aliphatic heterocycles. The first kappa shape index (κ1) is 24.7. The van der Waals surface area contributed by atoms with Gasteiger partial charge >= 0.3 is 0 Å². The number of aromatic nitrogens is 1. The molecule has 0 radical (unpaired) electrons. The number of anilines is 2. The zero-order valence-corrected chi connectivity index (χ0v) is 20.7. The second-order valence-corrected chi connectivity index (χ2v) is 9.64. The lowest BCUT2D eigenvalue weighted by atomic mass is 9.72. The van der Waals surface area contributed by atoms with Crippen molar-refractivity contribution in [3.63, 3.8) is 0 Å². The lowest BCUT2D eigenvalue weighted by Gasteiger charge is -2.39. The third-order valence-electron chi connectivity index (χ3n) is 7.35. The van der Waals surface area contributed by atoms with Crippen molar-refractivity contribution in [2.45, 2.75) is 51.6 Å². The van der Waals surface area contributed by atoms with E-state index in [4.69, 9.17) is 0 Å². The summed E-state index contributed by atoms with van der Waals surface area (Å²) >= 11 is 0. The van der Waals surface area contributed by atoms with Gasteiger partial charge in [0.2, 0.25) is 5.91 Å². The van der Waals surface area contributed by atoms with Crippen LogP contribution in [0.2, 0.25) is 0 Å². The smallest absolute Gasteiger partial charge is 0.255 e. The zero-order chi connectivity index (χ0) is 24.9. The van der Waals surface area contributed by atoms with Gasteiger partial charge in [-0.2, -0.15) is 5.26 Å². The van der Waals surface area contributed by atoms with E-state index in [1.165, 1.54) is 6.92 Å². The minimum atomic E-state index is -0.218. The molecule has 0 bridgehead atoms. The lowest BCUT2D eigenvalue weighted by Crippen LogP contribution is -2.44. The molecule has 1 saturated heterocycles. The highest BCUT2D eigenvalue weighted by atomic mass is 16.2. The first-order chi connectivity index (χ1) is 16.9. The normalized spacial score (nSPS) is 20.9. The molecule has 0 spiro atoms. The predicted molar refractivity (Wildman–Crippen MR) is 137 cm³/mol. The molecule has 1 aromatic heterocycles. The molecular weight excluding hydrogens is 440 g/mol. The Labute approximate surface area is 207 Å². The molecular formula is C27H34N6O2. The van der Waals surface area contributed by atoms with Crippen molar-refractivity contribution in [2.24, 2.45) is 11.8 Å². The van der Waals surface area contributed by atoms with Crippen molar-refractivity contribution in [3.05, 3.63) is 42.1 Å². The SMILES string of the molecule is CNC1CCN(C(=O)c2ccc(-c3ccc(NC4CC[C@@H]4C(C)C#N)nc3)cc2NC(C)=O)CC1. The quantitative estimate of drug-likeness (QED) is 0.562. The minimum Gasteiger partial charge on any atom is -0.367 e. The first-order valence-electron chi connectivity index (χ1n) is 12.4. The van der Waals surface area contributed by atoms with E-state index in [-0.39, 0.29) is 23.8 Å². The van der Waals surface area contributed by atoms with Gasteiger partial charge in [-0.1, -0.05) is 6.07 Å². The minimum absolute atomic E-state index is 0.0311. The average molecular weight is 475 g/mol. The number of nitrogens with zero attached hydrogens (tertiary/aromatic N) is 3. The molecule has 1 aliphatic carbocycles. The van der Waals surface area contributed by atoms with Gasteiger partial charge in [-0.05, 0) is 75.4 Å². The Morgan fingerprint density at radius 3 is 2.43 bits per heavy atom. The average Bonchev–Trinajstić information content (AvgIpc) is 2.86. The number of amides is 2. The van der Waals surface area contributed by atoms with Crippen LogP contribution in [-0.4, -0.2) is 53.9 Å². The van der Waals surface area contributed by atoms with Gasteiger partial charge in [0.15, 0.2) is 0 Å². The number of pyridine rings is 1. The Morgan fingerprint density at radius 1 is 1.11 bits per heavy atom. The van der Waals surface area contributed by atoms with Gasteiger partial charge in [0, 0.05) is 49.8 Å². The maximum absolute atomic E-state index is 13.2. The fourth-order valence-electron chi connectivity index (χ4n) is 4.98. The van der Waals surface area contributed by atoms with Gasteiger partial charge in [-0.25, -0.2) is 4.98 Å². The van der Waals surface area contributed by atoms with Crippen LogP contribution in [-0.2, 0) is 4.79 Å². The van der Waals surface area contributed by atoms with Crippen LogP contribution in [0.25, 0.3) is 11.1 Å². The summed E-state index contributed by atoms with van der Waals surface area (Å²) in [6.45, 7) is 4.81. The number of carbonyl (C=O) groups is 2. The fraction of sp³-hybridized carbons (Fsp3) is 0.481. The number of likely N-dealkylation sites (tertiary alicyclic amines) is 1. The van der Waals surface area contributed by atoms with Gasteiger partial charge in [-0.3, -0.25) is 9.59 Å². The summed E-state index contributed by atoms with van der Waals surface area (Å²) in [6, 6.07) is 12.5. The van der Waals surface area contributed by atoms with Crippen LogP contribution >= 0.6 is 0 Å². The highest BCUT2D eigenvalue weighted by Crippen LogP contribution is 2.36. The van der Waals surface area contributed by atoms with Crippen LogP contribution in [0.1, 0.15) is 49.9 Å². The van der Waals surface area contributed by atoms with Gasteiger partial charge in [0.1, 0.15) is 5.82 Å². The van der Waals surface area contributed by atoms with Gasteiger partial charge in [0.25, 0.3) is 5.91 Å². The maximum Gasteiger partial charge on any atom is 0.255 e. The number of nitrogens with one attached hydrogen (secondary N) is 3. The Hall–Kier alpha value is -3.44.